The second kappa shape index (κ2) is 6.38. The van der Waals surface area contributed by atoms with E-state index < -0.39 is 0 Å². The number of hydrogen-bond donors (Lipinski definition) is 1. The number of Topliss-reactive ketones (excluding diaryl/α,β-unsaturated/α-hetero) is 1. The van der Waals surface area contributed by atoms with Crippen LogP contribution in [-0.4, -0.2) is 18.9 Å². The van der Waals surface area contributed by atoms with Crippen LogP contribution in [-0.2, 0) is 0 Å². The van der Waals surface area contributed by atoms with Gasteiger partial charge in [-0.2, -0.15) is 0 Å². The number of hydrogen-bond acceptors (Lipinski definition) is 2. The van der Waals surface area contributed by atoms with E-state index in [0.717, 1.165) is 36.9 Å². The van der Waals surface area contributed by atoms with Crippen molar-refractivity contribution in [3.63, 3.8) is 0 Å². The lowest BCUT2D eigenvalue weighted by Gasteiger charge is -2.21. The Bertz CT molecular complexity index is 617. The smallest absolute Gasteiger partial charge is 0.167 e. The SMILES string of the molecule is Cc1ccc2cc(C(=O)C3CCCNC3)ccc2c1.Cl. The predicted octanol–water partition coefficient (Wildman–Crippen LogP) is 3.75. The van der Waals surface area contributed by atoms with Gasteiger partial charge in [0.1, 0.15) is 0 Å². The van der Waals surface area contributed by atoms with Gasteiger partial charge in [-0.05, 0) is 43.1 Å². The fourth-order valence-electron chi connectivity index (χ4n) is 2.83. The molecule has 1 saturated heterocycles. The highest BCUT2D eigenvalue weighted by Crippen LogP contribution is 2.21. The quantitative estimate of drug-likeness (QED) is 0.853. The number of rotatable bonds is 2. The van der Waals surface area contributed by atoms with Crippen molar-refractivity contribution in [2.24, 2.45) is 5.92 Å². The number of carbonyl (C=O) groups excluding carboxylic acids is 1. The van der Waals surface area contributed by atoms with Gasteiger partial charge in [-0.3, -0.25) is 4.79 Å². The summed E-state index contributed by atoms with van der Waals surface area (Å²) in [6.45, 7) is 3.96. The molecule has 0 bridgehead atoms. The fourth-order valence-corrected chi connectivity index (χ4v) is 2.83. The number of carbonyl (C=O) groups is 1. The number of ketones is 1. The van der Waals surface area contributed by atoms with E-state index in [1.165, 1.54) is 10.9 Å². The molecule has 3 rings (SSSR count). The molecular formula is C17H20ClNO. The van der Waals surface area contributed by atoms with Gasteiger partial charge in [0.25, 0.3) is 0 Å². The molecule has 0 aromatic heterocycles. The van der Waals surface area contributed by atoms with Gasteiger partial charge < -0.3 is 5.32 Å². The Morgan fingerprint density at radius 3 is 2.65 bits per heavy atom. The lowest BCUT2D eigenvalue weighted by Crippen LogP contribution is -2.34. The van der Waals surface area contributed by atoms with Gasteiger partial charge in [0, 0.05) is 18.0 Å². The molecule has 20 heavy (non-hydrogen) atoms. The monoisotopic (exact) mass is 289 g/mol. The van der Waals surface area contributed by atoms with E-state index in [2.05, 4.69) is 36.5 Å². The third-order valence-electron chi connectivity index (χ3n) is 3.95. The number of aryl methyl sites for hydroxylation is 1. The zero-order valence-corrected chi connectivity index (χ0v) is 12.5. The minimum atomic E-state index is 0. The van der Waals surface area contributed by atoms with Crippen LogP contribution in [0.25, 0.3) is 10.8 Å². The average Bonchev–Trinajstić information content (AvgIpc) is 2.47. The summed E-state index contributed by atoms with van der Waals surface area (Å²) in [6, 6.07) is 12.4. The summed E-state index contributed by atoms with van der Waals surface area (Å²) in [5.74, 6) is 0.436. The first-order valence-corrected chi connectivity index (χ1v) is 6.99. The first-order valence-electron chi connectivity index (χ1n) is 6.99. The average molecular weight is 290 g/mol. The van der Waals surface area contributed by atoms with Crippen molar-refractivity contribution in [1.82, 2.24) is 5.32 Å². The van der Waals surface area contributed by atoms with Crippen LogP contribution < -0.4 is 5.32 Å². The second-order valence-electron chi connectivity index (χ2n) is 5.47. The van der Waals surface area contributed by atoms with Crippen LogP contribution in [0.5, 0.6) is 0 Å². The Balaban J connectivity index is 0.00000147. The Hall–Kier alpha value is -1.38. The highest BCUT2D eigenvalue weighted by Gasteiger charge is 2.22. The summed E-state index contributed by atoms with van der Waals surface area (Å²) in [6.07, 6.45) is 2.11. The molecule has 0 spiro atoms. The molecule has 0 aliphatic carbocycles. The number of nitrogens with one attached hydrogen (secondary N) is 1. The maximum absolute atomic E-state index is 12.5. The topological polar surface area (TPSA) is 29.1 Å². The lowest BCUT2D eigenvalue weighted by molar-refractivity contribution is 0.0900. The van der Waals surface area contributed by atoms with Crippen molar-refractivity contribution in [3.8, 4) is 0 Å². The third kappa shape index (κ3) is 3.02. The van der Waals surface area contributed by atoms with Gasteiger partial charge in [0.15, 0.2) is 5.78 Å². The van der Waals surface area contributed by atoms with E-state index >= 15 is 0 Å². The summed E-state index contributed by atoms with van der Waals surface area (Å²) in [4.78, 5) is 12.5. The molecule has 3 heteroatoms. The zero-order chi connectivity index (χ0) is 13.2. The molecule has 1 heterocycles. The number of benzene rings is 2. The largest absolute Gasteiger partial charge is 0.316 e. The molecule has 0 radical (unpaired) electrons. The third-order valence-corrected chi connectivity index (χ3v) is 3.95. The van der Waals surface area contributed by atoms with Crippen LogP contribution in [0, 0.1) is 12.8 Å². The lowest BCUT2D eigenvalue weighted by atomic mass is 9.90. The molecule has 106 valence electrons. The van der Waals surface area contributed by atoms with Gasteiger partial charge in [0.2, 0.25) is 0 Å². The molecule has 0 amide bonds. The normalized spacial score (nSPS) is 18.6. The van der Waals surface area contributed by atoms with Crippen LogP contribution >= 0.6 is 12.4 Å². The summed E-state index contributed by atoms with van der Waals surface area (Å²) in [5, 5.41) is 5.67. The molecule has 1 N–H and O–H groups in total. The van der Waals surface area contributed by atoms with Crippen LogP contribution in [0.15, 0.2) is 36.4 Å². The van der Waals surface area contributed by atoms with Crippen LogP contribution in [0.2, 0.25) is 0 Å². The Morgan fingerprint density at radius 1 is 1.15 bits per heavy atom. The molecule has 1 aliphatic heterocycles. The summed E-state index contributed by atoms with van der Waals surface area (Å²) < 4.78 is 0. The first-order chi connectivity index (χ1) is 9.24. The van der Waals surface area contributed by atoms with Crippen molar-refractivity contribution in [2.75, 3.05) is 13.1 Å². The molecule has 0 saturated carbocycles. The molecular weight excluding hydrogens is 270 g/mol. The Morgan fingerprint density at radius 2 is 1.90 bits per heavy atom. The molecule has 2 aromatic carbocycles. The van der Waals surface area contributed by atoms with E-state index in [4.69, 9.17) is 0 Å². The van der Waals surface area contributed by atoms with E-state index in [-0.39, 0.29) is 24.1 Å². The molecule has 2 aromatic rings. The van der Waals surface area contributed by atoms with Crippen molar-refractivity contribution in [2.45, 2.75) is 19.8 Å². The van der Waals surface area contributed by atoms with Gasteiger partial charge in [0.05, 0.1) is 0 Å². The Labute approximate surface area is 126 Å². The van der Waals surface area contributed by atoms with Gasteiger partial charge >= 0.3 is 0 Å². The maximum atomic E-state index is 12.5. The van der Waals surface area contributed by atoms with Crippen molar-refractivity contribution in [1.29, 1.82) is 0 Å². The van der Waals surface area contributed by atoms with E-state index in [1.54, 1.807) is 0 Å². The van der Waals surface area contributed by atoms with Crippen molar-refractivity contribution >= 4 is 29.0 Å². The van der Waals surface area contributed by atoms with Gasteiger partial charge in [-0.25, -0.2) is 0 Å². The molecule has 1 fully saturated rings. The number of fused-ring (bicyclic) bond motifs is 1. The van der Waals surface area contributed by atoms with Crippen molar-refractivity contribution < 1.29 is 4.79 Å². The Kier molecular flexibility index (Phi) is 4.79. The second-order valence-corrected chi connectivity index (χ2v) is 5.47. The maximum Gasteiger partial charge on any atom is 0.167 e. The van der Waals surface area contributed by atoms with Gasteiger partial charge in [-0.1, -0.05) is 35.9 Å². The number of piperidine rings is 1. The van der Waals surface area contributed by atoms with Crippen LogP contribution in [0.4, 0.5) is 0 Å². The summed E-state index contributed by atoms with van der Waals surface area (Å²) in [5.41, 5.74) is 2.10. The van der Waals surface area contributed by atoms with Crippen molar-refractivity contribution in [3.05, 3.63) is 47.5 Å². The van der Waals surface area contributed by atoms with E-state index in [0.29, 0.717) is 0 Å². The molecule has 1 atom stereocenters. The molecule has 1 aliphatic rings. The number of halogens is 1. The van der Waals surface area contributed by atoms with Crippen LogP contribution in [0.3, 0.4) is 0 Å². The van der Waals surface area contributed by atoms with Crippen LogP contribution in [0.1, 0.15) is 28.8 Å². The predicted molar refractivity (Wildman–Crippen MR) is 85.9 cm³/mol. The molecule has 2 nitrogen and oxygen atoms in total. The van der Waals surface area contributed by atoms with E-state index in [1.807, 2.05) is 12.1 Å². The minimum Gasteiger partial charge on any atom is -0.316 e. The summed E-state index contributed by atoms with van der Waals surface area (Å²) >= 11 is 0. The van der Waals surface area contributed by atoms with Gasteiger partial charge in [-0.15, -0.1) is 12.4 Å². The molecule has 1 unspecified atom stereocenters. The highest BCUT2D eigenvalue weighted by molar-refractivity contribution is 6.01. The highest BCUT2D eigenvalue weighted by atomic mass is 35.5. The first kappa shape index (κ1) is 15.0. The zero-order valence-electron chi connectivity index (χ0n) is 11.7. The standard InChI is InChI=1S/C17H19NO.ClH/c1-12-4-5-14-10-15(7-6-13(14)9-12)17(19)16-3-2-8-18-11-16;/h4-7,9-10,16,18H,2-3,8,11H2,1H3;1H. The fraction of sp³-hybridized carbons (Fsp3) is 0.353. The summed E-state index contributed by atoms with van der Waals surface area (Å²) in [7, 11) is 0. The van der Waals surface area contributed by atoms with E-state index in [9.17, 15) is 4.79 Å². The minimum absolute atomic E-state index is 0.